The molecule has 84 valence electrons. The third kappa shape index (κ3) is 2.84. The Hall–Kier alpha value is -1.33. The van der Waals surface area contributed by atoms with Crippen molar-refractivity contribution in [1.29, 1.82) is 0 Å². The second kappa shape index (κ2) is 4.27. The number of hydrogen-bond acceptors (Lipinski definition) is 3. The van der Waals surface area contributed by atoms with Gasteiger partial charge in [0.25, 0.3) is 0 Å². The van der Waals surface area contributed by atoms with Crippen molar-refractivity contribution >= 4 is 26.4 Å². The van der Waals surface area contributed by atoms with Crippen molar-refractivity contribution in [3.05, 3.63) is 42.5 Å². The van der Waals surface area contributed by atoms with Gasteiger partial charge in [0, 0.05) is 4.88 Å². The lowest BCUT2D eigenvalue weighted by Gasteiger charge is -1.98. The van der Waals surface area contributed by atoms with Crippen molar-refractivity contribution < 1.29 is 8.42 Å². The molecule has 5 heteroatoms. The van der Waals surface area contributed by atoms with Crippen LogP contribution in [0.15, 0.2) is 42.5 Å². The largest absolute Gasteiger partial charge is 0.275 e. The summed E-state index contributed by atoms with van der Waals surface area (Å²) in [6.07, 6.45) is 1.15. The van der Waals surface area contributed by atoms with E-state index in [9.17, 15) is 8.42 Å². The first-order chi connectivity index (χ1) is 7.54. The zero-order valence-corrected chi connectivity index (χ0v) is 10.3. The molecular formula is C11H11NO2S2. The van der Waals surface area contributed by atoms with E-state index in [4.69, 9.17) is 0 Å². The molecule has 3 nitrogen and oxygen atoms in total. The van der Waals surface area contributed by atoms with Crippen LogP contribution in [0.1, 0.15) is 0 Å². The van der Waals surface area contributed by atoms with Gasteiger partial charge in [-0.05, 0) is 17.7 Å². The molecule has 16 heavy (non-hydrogen) atoms. The highest BCUT2D eigenvalue weighted by molar-refractivity contribution is 7.92. The van der Waals surface area contributed by atoms with Crippen LogP contribution < -0.4 is 4.72 Å². The van der Waals surface area contributed by atoms with Crippen molar-refractivity contribution in [3.8, 4) is 10.4 Å². The van der Waals surface area contributed by atoms with Gasteiger partial charge in [0.1, 0.15) is 5.00 Å². The van der Waals surface area contributed by atoms with E-state index in [0.29, 0.717) is 5.00 Å². The fourth-order valence-corrected chi connectivity index (χ4v) is 3.15. The van der Waals surface area contributed by atoms with Crippen molar-refractivity contribution in [2.75, 3.05) is 11.0 Å². The van der Waals surface area contributed by atoms with Crippen molar-refractivity contribution in [3.63, 3.8) is 0 Å². The highest BCUT2D eigenvalue weighted by Crippen LogP contribution is 2.31. The number of rotatable bonds is 3. The summed E-state index contributed by atoms with van der Waals surface area (Å²) in [6, 6.07) is 13.5. The van der Waals surface area contributed by atoms with E-state index >= 15 is 0 Å². The van der Waals surface area contributed by atoms with Gasteiger partial charge in [0.2, 0.25) is 10.0 Å². The Morgan fingerprint density at radius 1 is 1.06 bits per heavy atom. The highest BCUT2D eigenvalue weighted by atomic mass is 32.2. The van der Waals surface area contributed by atoms with E-state index in [0.717, 1.165) is 16.7 Å². The number of benzene rings is 1. The maximum absolute atomic E-state index is 11.0. The number of nitrogens with one attached hydrogen (secondary N) is 1. The van der Waals surface area contributed by atoms with Crippen molar-refractivity contribution in [2.45, 2.75) is 0 Å². The van der Waals surface area contributed by atoms with Crippen molar-refractivity contribution in [2.24, 2.45) is 0 Å². The minimum Gasteiger partial charge on any atom is -0.275 e. The molecule has 0 spiro atoms. The topological polar surface area (TPSA) is 46.2 Å². The molecule has 1 heterocycles. The average Bonchev–Trinajstić information content (AvgIpc) is 2.65. The summed E-state index contributed by atoms with van der Waals surface area (Å²) in [4.78, 5) is 1.05. The average molecular weight is 253 g/mol. The van der Waals surface area contributed by atoms with E-state index in [-0.39, 0.29) is 0 Å². The Morgan fingerprint density at radius 3 is 2.38 bits per heavy atom. The molecule has 0 aliphatic heterocycles. The number of sulfonamides is 1. The van der Waals surface area contributed by atoms with Gasteiger partial charge in [0.15, 0.2) is 0 Å². The van der Waals surface area contributed by atoms with Crippen LogP contribution in [-0.4, -0.2) is 14.7 Å². The molecule has 0 amide bonds. The molecule has 0 unspecified atom stereocenters. The van der Waals surface area contributed by atoms with Crippen LogP contribution in [-0.2, 0) is 10.0 Å². The summed E-state index contributed by atoms with van der Waals surface area (Å²) in [5.41, 5.74) is 1.09. The normalized spacial score (nSPS) is 11.3. The predicted molar refractivity (Wildman–Crippen MR) is 68.2 cm³/mol. The summed E-state index contributed by atoms with van der Waals surface area (Å²) >= 11 is 1.42. The second-order valence-corrected chi connectivity index (χ2v) is 6.24. The minimum absolute atomic E-state index is 0.640. The van der Waals surface area contributed by atoms with Crippen LogP contribution in [0.5, 0.6) is 0 Å². The SMILES string of the molecule is CS(=O)(=O)Nc1ccc(-c2ccccc2)s1. The zero-order valence-electron chi connectivity index (χ0n) is 8.67. The van der Waals surface area contributed by atoms with Gasteiger partial charge >= 0.3 is 0 Å². The van der Waals surface area contributed by atoms with Crippen LogP contribution >= 0.6 is 11.3 Å². The van der Waals surface area contributed by atoms with Crippen molar-refractivity contribution in [1.82, 2.24) is 0 Å². The Morgan fingerprint density at radius 2 is 1.75 bits per heavy atom. The molecule has 0 aliphatic rings. The van der Waals surface area contributed by atoms with E-state index in [1.54, 1.807) is 6.07 Å². The molecule has 1 aromatic heterocycles. The quantitative estimate of drug-likeness (QED) is 0.914. The molecule has 0 radical (unpaired) electrons. The highest BCUT2D eigenvalue weighted by Gasteiger charge is 2.06. The molecule has 0 aliphatic carbocycles. The van der Waals surface area contributed by atoms with E-state index in [1.807, 2.05) is 36.4 Å². The number of hydrogen-bond donors (Lipinski definition) is 1. The summed E-state index contributed by atoms with van der Waals surface area (Å²) in [6.45, 7) is 0. The van der Waals surface area contributed by atoms with Gasteiger partial charge in [-0.3, -0.25) is 4.72 Å². The molecule has 0 saturated carbocycles. The third-order valence-electron chi connectivity index (χ3n) is 1.95. The molecule has 1 aromatic carbocycles. The van der Waals surface area contributed by atoms with E-state index in [1.165, 1.54) is 11.3 Å². The monoisotopic (exact) mass is 253 g/mol. The zero-order chi connectivity index (χ0) is 11.6. The first-order valence-corrected chi connectivity index (χ1v) is 7.38. The van der Waals surface area contributed by atoms with Gasteiger partial charge in [0.05, 0.1) is 6.26 Å². The van der Waals surface area contributed by atoms with E-state index in [2.05, 4.69) is 4.72 Å². The lowest BCUT2D eigenvalue weighted by atomic mass is 10.2. The van der Waals surface area contributed by atoms with Gasteiger partial charge in [-0.25, -0.2) is 8.42 Å². The van der Waals surface area contributed by atoms with Crippen LogP contribution in [0, 0.1) is 0 Å². The summed E-state index contributed by atoms with van der Waals surface area (Å²) in [7, 11) is -3.19. The molecule has 0 fully saturated rings. The van der Waals surface area contributed by atoms with Gasteiger partial charge < -0.3 is 0 Å². The standard InChI is InChI=1S/C11H11NO2S2/c1-16(13,14)12-11-8-7-10(15-11)9-5-3-2-4-6-9/h2-8,12H,1H3. The fraction of sp³-hybridized carbons (Fsp3) is 0.0909. The minimum atomic E-state index is -3.19. The predicted octanol–water partition coefficient (Wildman–Crippen LogP) is 2.79. The Balaban J connectivity index is 2.27. The number of anilines is 1. The number of thiophene rings is 1. The lowest BCUT2D eigenvalue weighted by molar-refractivity contribution is 0.607. The van der Waals surface area contributed by atoms with Crippen LogP contribution in [0.3, 0.4) is 0 Å². The Kier molecular flexibility index (Phi) is 2.98. The van der Waals surface area contributed by atoms with Crippen LogP contribution in [0.2, 0.25) is 0 Å². The molecule has 2 aromatic rings. The van der Waals surface area contributed by atoms with Crippen LogP contribution in [0.4, 0.5) is 5.00 Å². The molecule has 0 bridgehead atoms. The molecular weight excluding hydrogens is 242 g/mol. The van der Waals surface area contributed by atoms with E-state index < -0.39 is 10.0 Å². The third-order valence-corrected chi connectivity index (χ3v) is 3.72. The first-order valence-electron chi connectivity index (χ1n) is 4.68. The van der Waals surface area contributed by atoms with Crippen LogP contribution in [0.25, 0.3) is 10.4 Å². The molecule has 0 atom stereocenters. The maximum atomic E-state index is 11.0. The molecule has 1 N–H and O–H groups in total. The Bertz CT molecular complexity index is 573. The molecule has 2 rings (SSSR count). The summed E-state index contributed by atoms with van der Waals surface area (Å²) in [5, 5.41) is 0.640. The molecule has 0 saturated heterocycles. The first kappa shape index (κ1) is 11.2. The Labute approximate surface area is 98.8 Å². The second-order valence-electron chi connectivity index (χ2n) is 3.40. The maximum Gasteiger partial charge on any atom is 0.230 e. The van der Waals surface area contributed by atoms with Gasteiger partial charge in [-0.1, -0.05) is 30.3 Å². The smallest absolute Gasteiger partial charge is 0.230 e. The van der Waals surface area contributed by atoms with Gasteiger partial charge in [-0.15, -0.1) is 11.3 Å². The fourth-order valence-electron chi connectivity index (χ4n) is 1.33. The lowest BCUT2D eigenvalue weighted by Crippen LogP contribution is -2.07. The summed E-state index contributed by atoms with van der Waals surface area (Å²) in [5.74, 6) is 0. The van der Waals surface area contributed by atoms with Gasteiger partial charge in [-0.2, -0.15) is 0 Å². The summed E-state index contributed by atoms with van der Waals surface area (Å²) < 4.78 is 24.5.